The van der Waals surface area contributed by atoms with Crippen molar-refractivity contribution in [2.24, 2.45) is 0 Å². The average Bonchev–Trinajstić information content (AvgIpc) is 2.40. The maximum Gasteiger partial charge on any atom is 0.262 e. The number of rotatable bonds is 3. The predicted molar refractivity (Wildman–Crippen MR) is 69.7 cm³/mol. The minimum Gasteiger partial charge on any atom is -0.505 e. The second kappa shape index (κ2) is 5.48. The Balaban J connectivity index is 2.38. The van der Waals surface area contributed by atoms with Crippen molar-refractivity contribution in [2.45, 2.75) is 6.92 Å². The number of nitrogens with zero attached hydrogens (tertiary/aromatic N) is 2. The summed E-state index contributed by atoms with van der Waals surface area (Å²) >= 11 is 0. The Morgan fingerprint density at radius 2 is 2.21 bits per heavy atom. The number of pyridine rings is 1. The van der Waals surface area contributed by atoms with Gasteiger partial charge in [0.1, 0.15) is 11.6 Å². The van der Waals surface area contributed by atoms with Crippen LogP contribution in [0.15, 0.2) is 42.7 Å². The minimum absolute atomic E-state index is 0.140. The van der Waals surface area contributed by atoms with Crippen LogP contribution in [0.3, 0.4) is 0 Å². The van der Waals surface area contributed by atoms with Gasteiger partial charge in [-0.3, -0.25) is 9.78 Å². The van der Waals surface area contributed by atoms with Crippen LogP contribution in [-0.4, -0.2) is 22.5 Å². The lowest BCUT2D eigenvalue weighted by Crippen LogP contribution is -2.30. The number of amides is 1. The number of aromatic hydroxyl groups is 1. The zero-order valence-corrected chi connectivity index (χ0v) is 10.4. The first kappa shape index (κ1) is 13.0. The molecule has 98 valence electrons. The number of carbonyl (C=O) groups excluding carboxylic acids is 1. The van der Waals surface area contributed by atoms with Gasteiger partial charge in [-0.15, -0.1) is 0 Å². The lowest BCUT2D eigenvalue weighted by molar-refractivity contribution is 0.0985. The van der Waals surface area contributed by atoms with Gasteiger partial charge in [0.25, 0.3) is 5.91 Å². The standard InChI is InChI=1S/C14H13FN2O2/c1-2-17(11-5-3-4-10(15)8-11)14(19)12-6-7-16-9-13(12)18/h3-9,18H,2H2,1H3. The van der Waals surface area contributed by atoms with Gasteiger partial charge in [-0.25, -0.2) is 4.39 Å². The summed E-state index contributed by atoms with van der Waals surface area (Å²) in [4.78, 5) is 17.4. The number of carbonyl (C=O) groups is 1. The summed E-state index contributed by atoms with van der Waals surface area (Å²) in [6, 6.07) is 7.20. The lowest BCUT2D eigenvalue weighted by Gasteiger charge is -2.21. The molecule has 0 aliphatic rings. The molecule has 1 aromatic carbocycles. The largest absolute Gasteiger partial charge is 0.505 e. The van der Waals surface area contributed by atoms with Crippen molar-refractivity contribution in [3.05, 3.63) is 54.1 Å². The Hall–Kier alpha value is -2.43. The molecule has 2 aromatic rings. The van der Waals surface area contributed by atoms with E-state index < -0.39 is 11.7 Å². The van der Waals surface area contributed by atoms with E-state index >= 15 is 0 Å². The molecule has 0 aliphatic heterocycles. The molecule has 0 saturated heterocycles. The molecule has 0 radical (unpaired) electrons. The van der Waals surface area contributed by atoms with E-state index in [1.54, 1.807) is 13.0 Å². The van der Waals surface area contributed by atoms with E-state index in [-0.39, 0.29) is 11.3 Å². The highest BCUT2D eigenvalue weighted by Crippen LogP contribution is 2.22. The van der Waals surface area contributed by atoms with E-state index in [0.29, 0.717) is 12.2 Å². The van der Waals surface area contributed by atoms with Crippen LogP contribution in [0.25, 0.3) is 0 Å². The van der Waals surface area contributed by atoms with Crippen LogP contribution < -0.4 is 4.90 Å². The summed E-state index contributed by atoms with van der Waals surface area (Å²) in [6.07, 6.45) is 2.62. The molecule has 2 rings (SSSR count). The molecule has 1 N–H and O–H groups in total. The van der Waals surface area contributed by atoms with Crippen LogP contribution in [0.5, 0.6) is 5.75 Å². The second-order valence-corrected chi connectivity index (χ2v) is 3.92. The van der Waals surface area contributed by atoms with Gasteiger partial charge in [0.15, 0.2) is 0 Å². The SMILES string of the molecule is CCN(C(=O)c1ccncc1O)c1cccc(F)c1. The Bertz CT molecular complexity index is 602. The molecule has 1 aromatic heterocycles. The van der Waals surface area contributed by atoms with Gasteiger partial charge in [-0.2, -0.15) is 0 Å². The molecule has 0 spiro atoms. The van der Waals surface area contributed by atoms with Gasteiger partial charge >= 0.3 is 0 Å². The maximum absolute atomic E-state index is 13.2. The smallest absolute Gasteiger partial charge is 0.262 e. The zero-order valence-electron chi connectivity index (χ0n) is 10.4. The summed E-state index contributed by atoms with van der Waals surface area (Å²) in [7, 11) is 0. The Kier molecular flexibility index (Phi) is 3.75. The quantitative estimate of drug-likeness (QED) is 0.922. The van der Waals surface area contributed by atoms with E-state index in [9.17, 15) is 14.3 Å². The average molecular weight is 260 g/mol. The van der Waals surface area contributed by atoms with E-state index in [0.717, 1.165) is 0 Å². The van der Waals surface area contributed by atoms with Gasteiger partial charge in [-0.1, -0.05) is 6.07 Å². The first-order chi connectivity index (χ1) is 9.13. The van der Waals surface area contributed by atoms with Crippen LogP contribution in [-0.2, 0) is 0 Å². The maximum atomic E-state index is 13.2. The normalized spacial score (nSPS) is 10.2. The molecule has 0 fully saturated rings. The second-order valence-electron chi connectivity index (χ2n) is 3.92. The Morgan fingerprint density at radius 1 is 1.42 bits per heavy atom. The van der Waals surface area contributed by atoms with Crippen molar-refractivity contribution in [3.63, 3.8) is 0 Å². The van der Waals surface area contributed by atoms with Crippen molar-refractivity contribution >= 4 is 11.6 Å². The van der Waals surface area contributed by atoms with Crippen LogP contribution in [0.4, 0.5) is 10.1 Å². The number of hydrogen-bond acceptors (Lipinski definition) is 3. The molecule has 1 amide bonds. The van der Waals surface area contributed by atoms with Gasteiger partial charge < -0.3 is 10.0 Å². The fourth-order valence-electron chi connectivity index (χ4n) is 1.80. The molecule has 0 aliphatic carbocycles. The highest BCUT2D eigenvalue weighted by Gasteiger charge is 2.19. The summed E-state index contributed by atoms with van der Waals surface area (Å²) in [5, 5.41) is 9.64. The van der Waals surface area contributed by atoms with E-state index in [2.05, 4.69) is 4.98 Å². The third kappa shape index (κ3) is 2.70. The number of halogens is 1. The number of benzene rings is 1. The van der Waals surface area contributed by atoms with E-state index in [1.165, 1.54) is 41.6 Å². The fraction of sp³-hybridized carbons (Fsp3) is 0.143. The van der Waals surface area contributed by atoms with Gasteiger partial charge in [0, 0.05) is 18.4 Å². The Labute approximate surface area is 110 Å². The predicted octanol–water partition coefficient (Wildman–Crippen LogP) is 2.59. The highest BCUT2D eigenvalue weighted by molar-refractivity contribution is 6.07. The summed E-state index contributed by atoms with van der Waals surface area (Å²) in [6.45, 7) is 2.14. The minimum atomic E-state index is -0.414. The molecular weight excluding hydrogens is 247 g/mol. The molecule has 19 heavy (non-hydrogen) atoms. The summed E-state index contributed by atoms with van der Waals surface area (Å²) in [5.41, 5.74) is 0.588. The molecule has 4 nitrogen and oxygen atoms in total. The molecule has 0 bridgehead atoms. The number of aromatic nitrogens is 1. The summed E-state index contributed by atoms with van der Waals surface area (Å²) < 4.78 is 13.2. The monoisotopic (exact) mass is 260 g/mol. The van der Waals surface area contributed by atoms with Crippen LogP contribution in [0.1, 0.15) is 17.3 Å². The zero-order chi connectivity index (χ0) is 13.8. The third-order valence-electron chi connectivity index (χ3n) is 2.71. The van der Waals surface area contributed by atoms with Crippen LogP contribution in [0.2, 0.25) is 0 Å². The molecule has 0 saturated carbocycles. The summed E-state index contributed by atoms with van der Waals surface area (Å²) in [5.74, 6) is -1.00. The lowest BCUT2D eigenvalue weighted by atomic mass is 10.2. The molecule has 0 unspecified atom stereocenters. The van der Waals surface area contributed by atoms with Crippen molar-refractivity contribution < 1.29 is 14.3 Å². The molecule has 1 heterocycles. The van der Waals surface area contributed by atoms with E-state index in [4.69, 9.17) is 0 Å². The van der Waals surface area contributed by atoms with E-state index in [1.807, 2.05) is 0 Å². The van der Waals surface area contributed by atoms with Crippen molar-refractivity contribution in [1.82, 2.24) is 4.98 Å². The van der Waals surface area contributed by atoms with Gasteiger partial charge in [0.2, 0.25) is 0 Å². The highest BCUT2D eigenvalue weighted by atomic mass is 19.1. The first-order valence-corrected chi connectivity index (χ1v) is 5.84. The van der Waals surface area contributed by atoms with Gasteiger partial charge in [-0.05, 0) is 31.2 Å². The van der Waals surface area contributed by atoms with Gasteiger partial charge in [0.05, 0.1) is 11.8 Å². The molecule has 5 heteroatoms. The number of anilines is 1. The topological polar surface area (TPSA) is 53.4 Å². The van der Waals surface area contributed by atoms with Crippen LogP contribution >= 0.6 is 0 Å². The van der Waals surface area contributed by atoms with Crippen molar-refractivity contribution in [1.29, 1.82) is 0 Å². The van der Waals surface area contributed by atoms with Crippen molar-refractivity contribution in [2.75, 3.05) is 11.4 Å². The molecule has 0 atom stereocenters. The number of hydrogen-bond donors (Lipinski definition) is 1. The first-order valence-electron chi connectivity index (χ1n) is 5.84. The third-order valence-corrected chi connectivity index (χ3v) is 2.71. The molecular formula is C14H13FN2O2. The fourth-order valence-corrected chi connectivity index (χ4v) is 1.80. The van der Waals surface area contributed by atoms with Crippen LogP contribution in [0, 0.1) is 5.82 Å². The Morgan fingerprint density at radius 3 is 2.84 bits per heavy atom. The van der Waals surface area contributed by atoms with Crippen molar-refractivity contribution in [3.8, 4) is 5.75 Å².